The van der Waals surface area contributed by atoms with Gasteiger partial charge in [-0.2, -0.15) is 0 Å². The second-order valence-corrected chi connectivity index (χ2v) is 5.31. The molecule has 3 heteroatoms. The number of hydrogen-bond donors (Lipinski definition) is 1. The highest BCUT2D eigenvalue weighted by Crippen LogP contribution is 2.20. The fourth-order valence-electron chi connectivity index (χ4n) is 1.92. The monoisotopic (exact) mass is 279 g/mol. The van der Waals surface area contributed by atoms with E-state index in [4.69, 9.17) is 9.47 Å². The van der Waals surface area contributed by atoms with E-state index < -0.39 is 0 Å². The Labute approximate surface area is 123 Å². The van der Waals surface area contributed by atoms with E-state index in [-0.39, 0.29) is 12.1 Å². The lowest BCUT2D eigenvalue weighted by molar-refractivity contribution is 0.0611. The molecule has 0 aliphatic rings. The van der Waals surface area contributed by atoms with E-state index in [1.54, 1.807) is 0 Å². The van der Waals surface area contributed by atoms with Gasteiger partial charge in [0.1, 0.15) is 5.75 Å². The van der Waals surface area contributed by atoms with Gasteiger partial charge in [0.15, 0.2) is 0 Å². The highest BCUT2D eigenvalue weighted by Gasteiger charge is 2.12. The second-order valence-electron chi connectivity index (χ2n) is 5.31. The first-order chi connectivity index (χ1) is 9.67. The van der Waals surface area contributed by atoms with Crippen molar-refractivity contribution < 1.29 is 9.47 Å². The summed E-state index contributed by atoms with van der Waals surface area (Å²) in [4.78, 5) is 0. The molecule has 1 atom stereocenters. The summed E-state index contributed by atoms with van der Waals surface area (Å²) in [7, 11) is 0. The molecule has 1 aromatic carbocycles. The first-order valence-electron chi connectivity index (χ1n) is 7.75. The average molecular weight is 279 g/mol. The van der Waals surface area contributed by atoms with E-state index in [9.17, 15) is 0 Å². The van der Waals surface area contributed by atoms with Gasteiger partial charge in [0.25, 0.3) is 0 Å². The number of nitrogens with one attached hydrogen (secondary N) is 1. The number of ether oxygens (including phenoxy) is 2. The van der Waals surface area contributed by atoms with Crippen LogP contribution in [0, 0.1) is 0 Å². The predicted molar refractivity (Wildman–Crippen MR) is 84.4 cm³/mol. The zero-order valence-electron chi connectivity index (χ0n) is 13.3. The minimum absolute atomic E-state index is 0.225. The van der Waals surface area contributed by atoms with E-state index in [1.807, 2.05) is 6.07 Å². The smallest absolute Gasteiger partial charge is 0.119 e. The Kier molecular flexibility index (Phi) is 8.31. The van der Waals surface area contributed by atoms with Crippen molar-refractivity contribution in [2.75, 3.05) is 19.8 Å². The van der Waals surface area contributed by atoms with Crippen molar-refractivity contribution in [2.45, 2.75) is 52.7 Å². The molecule has 0 heterocycles. The second kappa shape index (κ2) is 9.78. The maximum absolute atomic E-state index is 5.77. The number of benzene rings is 1. The first kappa shape index (κ1) is 17.0. The van der Waals surface area contributed by atoms with Crippen LogP contribution in [0.15, 0.2) is 24.3 Å². The molecular formula is C17H29NO2. The highest BCUT2D eigenvalue weighted by atomic mass is 16.5. The van der Waals surface area contributed by atoms with Gasteiger partial charge in [0.2, 0.25) is 0 Å². The minimum atomic E-state index is 0.225. The maximum atomic E-state index is 5.77. The maximum Gasteiger partial charge on any atom is 0.119 e. The third kappa shape index (κ3) is 6.40. The lowest BCUT2D eigenvalue weighted by atomic mass is 10.1. The SMILES string of the molecule is CCCNC(COC(C)C)c1cccc(OCCC)c1. The average Bonchev–Trinajstić information content (AvgIpc) is 2.45. The zero-order valence-corrected chi connectivity index (χ0v) is 13.3. The molecule has 0 radical (unpaired) electrons. The van der Waals surface area contributed by atoms with Crippen LogP contribution >= 0.6 is 0 Å². The van der Waals surface area contributed by atoms with Gasteiger partial charge >= 0.3 is 0 Å². The standard InChI is InChI=1S/C17H29NO2/c1-5-10-18-17(13-20-14(3)4)15-8-7-9-16(12-15)19-11-6-2/h7-9,12,14,17-18H,5-6,10-11,13H2,1-4H3. The number of rotatable bonds is 10. The van der Waals surface area contributed by atoms with Crippen molar-refractivity contribution in [1.29, 1.82) is 0 Å². The third-order valence-corrected chi connectivity index (χ3v) is 2.97. The largest absolute Gasteiger partial charge is 0.494 e. The van der Waals surface area contributed by atoms with E-state index in [0.29, 0.717) is 6.61 Å². The summed E-state index contributed by atoms with van der Waals surface area (Å²) in [6.45, 7) is 10.9. The van der Waals surface area contributed by atoms with Gasteiger partial charge in [0, 0.05) is 0 Å². The summed E-state index contributed by atoms with van der Waals surface area (Å²) in [5, 5.41) is 3.54. The van der Waals surface area contributed by atoms with Gasteiger partial charge in [-0.05, 0) is 50.9 Å². The first-order valence-corrected chi connectivity index (χ1v) is 7.75. The normalized spacial score (nSPS) is 12.7. The van der Waals surface area contributed by atoms with Crippen molar-refractivity contribution in [3.8, 4) is 5.75 Å². The molecule has 114 valence electrons. The Morgan fingerprint density at radius 3 is 2.60 bits per heavy atom. The van der Waals surface area contributed by atoms with Gasteiger partial charge in [0.05, 0.1) is 25.4 Å². The van der Waals surface area contributed by atoms with Crippen LogP contribution in [0.3, 0.4) is 0 Å². The molecule has 3 nitrogen and oxygen atoms in total. The molecule has 20 heavy (non-hydrogen) atoms. The Morgan fingerprint density at radius 2 is 1.95 bits per heavy atom. The molecule has 0 bridgehead atoms. The van der Waals surface area contributed by atoms with E-state index in [2.05, 4.69) is 51.2 Å². The van der Waals surface area contributed by atoms with Gasteiger partial charge in [-0.15, -0.1) is 0 Å². The Morgan fingerprint density at radius 1 is 1.15 bits per heavy atom. The third-order valence-electron chi connectivity index (χ3n) is 2.97. The van der Waals surface area contributed by atoms with Crippen molar-refractivity contribution >= 4 is 0 Å². The van der Waals surface area contributed by atoms with Crippen LogP contribution in [0.2, 0.25) is 0 Å². The van der Waals surface area contributed by atoms with Gasteiger partial charge in [-0.3, -0.25) is 0 Å². The molecule has 1 rings (SSSR count). The van der Waals surface area contributed by atoms with Crippen LogP contribution in [0.25, 0.3) is 0 Å². The van der Waals surface area contributed by atoms with E-state index >= 15 is 0 Å². The van der Waals surface area contributed by atoms with Crippen molar-refractivity contribution in [3.63, 3.8) is 0 Å². The number of hydrogen-bond acceptors (Lipinski definition) is 3. The Hall–Kier alpha value is -1.06. The van der Waals surface area contributed by atoms with Crippen LogP contribution in [-0.4, -0.2) is 25.9 Å². The zero-order chi connectivity index (χ0) is 14.8. The van der Waals surface area contributed by atoms with Crippen LogP contribution in [0.4, 0.5) is 0 Å². The molecule has 1 aromatic rings. The predicted octanol–water partition coefficient (Wildman–Crippen LogP) is 3.94. The summed E-state index contributed by atoms with van der Waals surface area (Å²) >= 11 is 0. The molecule has 0 aliphatic carbocycles. The van der Waals surface area contributed by atoms with Crippen LogP contribution in [0.5, 0.6) is 5.75 Å². The summed E-state index contributed by atoms with van der Waals surface area (Å²) in [6, 6.07) is 8.54. The minimum Gasteiger partial charge on any atom is -0.494 e. The van der Waals surface area contributed by atoms with Gasteiger partial charge in [-0.1, -0.05) is 26.0 Å². The Bertz CT molecular complexity index is 366. The quantitative estimate of drug-likeness (QED) is 0.703. The summed E-state index contributed by atoms with van der Waals surface area (Å²) in [5.41, 5.74) is 1.23. The fraction of sp³-hybridized carbons (Fsp3) is 0.647. The van der Waals surface area contributed by atoms with Crippen LogP contribution in [-0.2, 0) is 4.74 Å². The molecule has 0 aliphatic heterocycles. The summed E-state index contributed by atoms with van der Waals surface area (Å²) in [6.07, 6.45) is 2.39. The van der Waals surface area contributed by atoms with Gasteiger partial charge < -0.3 is 14.8 Å². The lowest BCUT2D eigenvalue weighted by Crippen LogP contribution is -2.27. The lowest BCUT2D eigenvalue weighted by Gasteiger charge is -2.21. The van der Waals surface area contributed by atoms with Crippen molar-refractivity contribution in [2.24, 2.45) is 0 Å². The van der Waals surface area contributed by atoms with E-state index in [0.717, 1.165) is 31.7 Å². The molecule has 0 aromatic heterocycles. The molecule has 0 spiro atoms. The van der Waals surface area contributed by atoms with Gasteiger partial charge in [-0.25, -0.2) is 0 Å². The Balaban J connectivity index is 2.71. The molecule has 1 N–H and O–H groups in total. The van der Waals surface area contributed by atoms with E-state index in [1.165, 1.54) is 5.56 Å². The molecule has 0 amide bonds. The summed E-state index contributed by atoms with van der Waals surface area (Å²) in [5.74, 6) is 0.942. The highest BCUT2D eigenvalue weighted by molar-refractivity contribution is 5.30. The molecule has 0 saturated carbocycles. The van der Waals surface area contributed by atoms with Crippen LogP contribution in [0.1, 0.15) is 52.1 Å². The fourth-order valence-corrected chi connectivity index (χ4v) is 1.92. The molecule has 0 saturated heterocycles. The molecule has 1 unspecified atom stereocenters. The van der Waals surface area contributed by atoms with Crippen molar-refractivity contribution in [1.82, 2.24) is 5.32 Å². The molecular weight excluding hydrogens is 250 g/mol. The molecule has 0 fully saturated rings. The van der Waals surface area contributed by atoms with Crippen molar-refractivity contribution in [3.05, 3.63) is 29.8 Å². The topological polar surface area (TPSA) is 30.5 Å². The van der Waals surface area contributed by atoms with Crippen LogP contribution < -0.4 is 10.1 Å². The summed E-state index contributed by atoms with van der Waals surface area (Å²) < 4.78 is 11.5.